The molecule has 3 rings (SSSR count). The molecule has 1 fully saturated rings. The van der Waals surface area contributed by atoms with Crippen LogP contribution in [-0.2, 0) is 21.3 Å². The number of aromatic nitrogens is 3. The third-order valence-corrected chi connectivity index (χ3v) is 4.29. The Hall–Kier alpha value is -2.78. The summed E-state index contributed by atoms with van der Waals surface area (Å²) in [5, 5.41) is 0. The van der Waals surface area contributed by atoms with Gasteiger partial charge in [-0.15, -0.1) is 0 Å². The van der Waals surface area contributed by atoms with E-state index in [4.69, 9.17) is 14.2 Å². The summed E-state index contributed by atoms with van der Waals surface area (Å²) in [4.78, 5) is 37.5. The molecular formula is C18H22N3O6+. The summed E-state index contributed by atoms with van der Waals surface area (Å²) in [6.07, 6.45) is 5.62. The van der Waals surface area contributed by atoms with Gasteiger partial charge in [0.2, 0.25) is 0 Å². The van der Waals surface area contributed by atoms with Gasteiger partial charge in [-0.1, -0.05) is 0 Å². The number of carbonyl (C=O) groups is 1. The Morgan fingerprint density at radius 2 is 2.22 bits per heavy atom. The monoisotopic (exact) mass is 376 g/mol. The molecule has 1 N–H and O–H groups in total. The van der Waals surface area contributed by atoms with Crippen LogP contribution in [0.4, 0.5) is 0 Å². The van der Waals surface area contributed by atoms with Gasteiger partial charge in [-0.05, 0) is 25.8 Å². The minimum absolute atomic E-state index is 0.181. The highest BCUT2D eigenvalue weighted by Crippen LogP contribution is 2.27. The highest BCUT2D eigenvalue weighted by atomic mass is 16.7. The van der Waals surface area contributed by atoms with Crippen molar-refractivity contribution in [3.63, 3.8) is 0 Å². The molecular weight excluding hydrogens is 354 g/mol. The van der Waals surface area contributed by atoms with Crippen molar-refractivity contribution in [3.05, 3.63) is 62.7 Å². The standard InChI is InChI=1S/C18H21N3O6/c1-12-8-21(18(24)19-16(12)22)15-6-5-14(27-15)10-25-11-26-17(23)13-4-3-7-20(2)9-13/h3-4,7-9,14-15H,5-6,10-11H2,1-2H3/p+1/t14-,15+/m0/s1. The maximum Gasteiger partial charge on any atom is 0.346 e. The number of nitrogens with one attached hydrogen (secondary N) is 1. The summed E-state index contributed by atoms with van der Waals surface area (Å²) in [5.41, 5.74) is -0.0159. The smallest absolute Gasteiger partial charge is 0.346 e. The lowest BCUT2D eigenvalue weighted by molar-refractivity contribution is -0.671. The van der Waals surface area contributed by atoms with Crippen LogP contribution in [-0.4, -0.2) is 35.0 Å². The Morgan fingerprint density at radius 3 is 3.00 bits per heavy atom. The van der Waals surface area contributed by atoms with Gasteiger partial charge in [-0.3, -0.25) is 14.3 Å². The van der Waals surface area contributed by atoms with Crippen LogP contribution in [0.5, 0.6) is 0 Å². The SMILES string of the molecule is Cc1cn([C@H]2CC[C@@H](COCOC(=O)c3ccc[n+](C)c3)O2)c(=O)[nH]c1=O. The summed E-state index contributed by atoms with van der Waals surface area (Å²) in [6.45, 7) is 1.69. The molecule has 144 valence electrons. The first-order valence-electron chi connectivity index (χ1n) is 8.61. The zero-order chi connectivity index (χ0) is 19.4. The largest absolute Gasteiger partial charge is 0.435 e. The van der Waals surface area contributed by atoms with Gasteiger partial charge in [-0.2, -0.15) is 0 Å². The van der Waals surface area contributed by atoms with Crippen molar-refractivity contribution in [2.24, 2.45) is 7.05 Å². The Balaban J connectivity index is 1.45. The summed E-state index contributed by atoms with van der Waals surface area (Å²) < 4.78 is 19.4. The molecule has 1 aliphatic heterocycles. The van der Waals surface area contributed by atoms with Gasteiger partial charge in [0.05, 0.1) is 12.7 Å². The number of hydrogen-bond donors (Lipinski definition) is 1. The fraction of sp³-hybridized carbons (Fsp3) is 0.444. The quantitative estimate of drug-likeness (QED) is 0.334. The van der Waals surface area contributed by atoms with Crippen LogP contribution in [0.15, 0.2) is 40.3 Å². The second-order valence-corrected chi connectivity index (χ2v) is 6.45. The molecule has 0 spiro atoms. The first-order chi connectivity index (χ1) is 12.9. The summed E-state index contributed by atoms with van der Waals surface area (Å²) in [5.74, 6) is -0.466. The molecule has 0 amide bonds. The number of esters is 1. The summed E-state index contributed by atoms with van der Waals surface area (Å²) >= 11 is 0. The Morgan fingerprint density at radius 1 is 1.41 bits per heavy atom. The molecule has 0 unspecified atom stereocenters. The normalized spacial score (nSPS) is 19.2. The van der Waals surface area contributed by atoms with Crippen LogP contribution in [0.25, 0.3) is 0 Å². The summed E-state index contributed by atoms with van der Waals surface area (Å²) in [6, 6.07) is 3.42. The van der Waals surface area contributed by atoms with E-state index in [1.807, 2.05) is 13.2 Å². The van der Waals surface area contributed by atoms with Crippen molar-refractivity contribution in [2.75, 3.05) is 13.4 Å². The highest BCUT2D eigenvalue weighted by Gasteiger charge is 2.27. The van der Waals surface area contributed by atoms with Crippen LogP contribution < -0.4 is 15.8 Å². The number of H-pyrrole nitrogens is 1. The third-order valence-electron chi connectivity index (χ3n) is 4.29. The zero-order valence-electron chi connectivity index (χ0n) is 15.2. The molecule has 2 aromatic heterocycles. The number of aromatic amines is 1. The van der Waals surface area contributed by atoms with E-state index in [0.717, 1.165) is 0 Å². The number of aryl methyl sites for hydroxylation is 2. The molecule has 2 aromatic rings. The molecule has 0 saturated carbocycles. The molecule has 27 heavy (non-hydrogen) atoms. The predicted molar refractivity (Wildman–Crippen MR) is 93.1 cm³/mol. The zero-order valence-corrected chi connectivity index (χ0v) is 15.2. The first-order valence-corrected chi connectivity index (χ1v) is 8.61. The van der Waals surface area contributed by atoms with Crippen molar-refractivity contribution in [1.29, 1.82) is 0 Å². The van der Waals surface area contributed by atoms with Gasteiger partial charge in [-0.25, -0.2) is 14.2 Å². The number of rotatable bonds is 6. The Kier molecular flexibility index (Phi) is 5.82. The van der Waals surface area contributed by atoms with Crippen LogP contribution >= 0.6 is 0 Å². The molecule has 3 heterocycles. The molecule has 0 aromatic carbocycles. The number of carbonyl (C=O) groups excluding carboxylic acids is 1. The average Bonchev–Trinajstić information content (AvgIpc) is 3.10. The van der Waals surface area contributed by atoms with E-state index in [1.54, 1.807) is 29.8 Å². The number of hydrogen-bond acceptors (Lipinski definition) is 6. The molecule has 0 radical (unpaired) electrons. The van der Waals surface area contributed by atoms with Crippen LogP contribution in [0.1, 0.15) is 35.0 Å². The van der Waals surface area contributed by atoms with Crippen LogP contribution in [0.2, 0.25) is 0 Å². The van der Waals surface area contributed by atoms with Crippen molar-refractivity contribution < 1.29 is 23.6 Å². The molecule has 0 bridgehead atoms. The van der Waals surface area contributed by atoms with Crippen LogP contribution in [0, 0.1) is 6.92 Å². The van der Waals surface area contributed by atoms with E-state index in [0.29, 0.717) is 24.0 Å². The maximum atomic E-state index is 11.9. The fourth-order valence-corrected chi connectivity index (χ4v) is 2.88. The predicted octanol–water partition coefficient (Wildman–Crippen LogP) is 0.178. The lowest BCUT2D eigenvalue weighted by Crippen LogP contribution is -2.33. The van der Waals surface area contributed by atoms with Gasteiger partial charge in [0.25, 0.3) is 5.56 Å². The summed E-state index contributed by atoms with van der Waals surface area (Å²) in [7, 11) is 1.82. The van der Waals surface area contributed by atoms with Crippen molar-refractivity contribution >= 4 is 5.97 Å². The van der Waals surface area contributed by atoms with E-state index in [2.05, 4.69) is 4.98 Å². The minimum Gasteiger partial charge on any atom is -0.435 e. The Bertz CT molecular complexity index is 935. The van der Waals surface area contributed by atoms with Crippen molar-refractivity contribution in [3.8, 4) is 0 Å². The van der Waals surface area contributed by atoms with E-state index in [1.165, 1.54) is 10.8 Å². The van der Waals surface area contributed by atoms with E-state index in [-0.39, 0.29) is 19.5 Å². The molecule has 1 saturated heterocycles. The number of nitrogens with zero attached hydrogens (tertiary/aromatic N) is 2. The van der Waals surface area contributed by atoms with Crippen molar-refractivity contribution in [2.45, 2.75) is 32.1 Å². The maximum absolute atomic E-state index is 11.9. The van der Waals surface area contributed by atoms with Crippen LogP contribution in [0.3, 0.4) is 0 Å². The highest BCUT2D eigenvalue weighted by molar-refractivity contribution is 5.88. The van der Waals surface area contributed by atoms with Gasteiger partial charge in [0.15, 0.2) is 19.2 Å². The van der Waals surface area contributed by atoms with Gasteiger partial charge in [0, 0.05) is 17.8 Å². The third kappa shape index (κ3) is 4.69. The Labute approximate surface area is 155 Å². The van der Waals surface area contributed by atoms with E-state index >= 15 is 0 Å². The number of ether oxygens (including phenoxy) is 3. The van der Waals surface area contributed by atoms with Crippen molar-refractivity contribution in [1.82, 2.24) is 9.55 Å². The fourth-order valence-electron chi connectivity index (χ4n) is 2.88. The van der Waals surface area contributed by atoms with Gasteiger partial charge in [0.1, 0.15) is 18.8 Å². The van der Waals surface area contributed by atoms with Gasteiger partial charge >= 0.3 is 11.7 Å². The molecule has 2 atom stereocenters. The molecule has 1 aliphatic rings. The van der Waals surface area contributed by atoms with E-state index in [9.17, 15) is 14.4 Å². The average molecular weight is 376 g/mol. The molecule has 0 aliphatic carbocycles. The molecule has 9 nitrogen and oxygen atoms in total. The molecule has 9 heteroatoms. The topological polar surface area (TPSA) is 104 Å². The number of pyridine rings is 1. The minimum atomic E-state index is -0.498. The second kappa shape index (κ2) is 8.28. The lowest BCUT2D eigenvalue weighted by Gasteiger charge is -2.16. The van der Waals surface area contributed by atoms with Gasteiger partial charge < -0.3 is 14.2 Å². The van der Waals surface area contributed by atoms with E-state index < -0.39 is 23.4 Å². The second-order valence-electron chi connectivity index (χ2n) is 6.45. The first kappa shape index (κ1) is 19.0. The lowest BCUT2D eigenvalue weighted by atomic mass is 10.2.